The van der Waals surface area contributed by atoms with E-state index in [1.54, 1.807) is 0 Å². The van der Waals surface area contributed by atoms with E-state index in [9.17, 15) is 0 Å². The first-order valence-corrected chi connectivity index (χ1v) is 7.05. The molecule has 0 N–H and O–H groups in total. The van der Waals surface area contributed by atoms with Crippen molar-refractivity contribution in [1.29, 1.82) is 0 Å². The van der Waals surface area contributed by atoms with Gasteiger partial charge in [0.15, 0.2) is 0 Å². The fourth-order valence-corrected chi connectivity index (χ4v) is 2.90. The SMILES string of the molecule is CC=C[C@H]1CC[C@H](c2ccc(N=C=S)cc2)CC1. The quantitative estimate of drug-likeness (QED) is 0.408. The summed E-state index contributed by atoms with van der Waals surface area (Å²) in [4.78, 5) is 3.98. The Hall–Kier alpha value is -1.24. The first-order valence-electron chi connectivity index (χ1n) is 6.64. The lowest BCUT2D eigenvalue weighted by Gasteiger charge is -2.27. The zero-order valence-corrected chi connectivity index (χ0v) is 11.6. The second-order valence-electron chi connectivity index (χ2n) is 4.93. The third kappa shape index (κ3) is 3.38. The minimum atomic E-state index is 0.719. The van der Waals surface area contributed by atoms with Gasteiger partial charge >= 0.3 is 0 Å². The van der Waals surface area contributed by atoms with Gasteiger partial charge in [-0.25, -0.2) is 0 Å². The number of thiocarbonyl (C=S) groups is 1. The zero-order chi connectivity index (χ0) is 12.8. The minimum Gasteiger partial charge on any atom is -0.195 e. The van der Waals surface area contributed by atoms with Crippen molar-refractivity contribution in [3.05, 3.63) is 42.0 Å². The number of hydrogen-bond donors (Lipinski definition) is 0. The Kier molecular flexibility index (Phi) is 4.86. The number of hydrogen-bond acceptors (Lipinski definition) is 2. The summed E-state index contributed by atoms with van der Waals surface area (Å²) in [5.74, 6) is 1.52. The summed E-state index contributed by atoms with van der Waals surface area (Å²) >= 11 is 4.61. The lowest BCUT2D eigenvalue weighted by molar-refractivity contribution is 0.376. The normalized spacial score (nSPS) is 23.8. The summed E-state index contributed by atoms with van der Waals surface area (Å²) in [5, 5.41) is 2.40. The predicted octanol–water partition coefficient (Wildman–Crippen LogP) is 5.27. The van der Waals surface area contributed by atoms with E-state index in [-0.39, 0.29) is 0 Å². The second kappa shape index (κ2) is 6.63. The van der Waals surface area contributed by atoms with Gasteiger partial charge in [0.25, 0.3) is 0 Å². The standard InChI is InChI=1S/C16H19NS/c1-2-3-13-4-6-14(7-5-13)15-8-10-16(11-9-15)17-12-18/h2-3,8-11,13-14H,4-7H2,1H3/t13-,14-. The molecule has 0 radical (unpaired) electrons. The number of rotatable bonds is 3. The molecule has 0 amide bonds. The Morgan fingerprint density at radius 3 is 2.39 bits per heavy atom. The maximum atomic E-state index is 4.61. The summed E-state index contributed by atoms with van der Waals surface area (Å²) in [6, 6.07) is 8.44. The molecule has 0 atom stereocenters. The van der Waals surface area contributed by atoms with Crippen molar-refractivity contribution in [3.63, 3.8) is 0 Å². The van der Waals surface area contributed by atoms with E-state index in [2.05, 4.69) is 53.6 Å². The fraction of sp³-hybridized carbons (Fsp3) is 0.438. The topological polar surface area (TPSA) is 12.4 Å². The average molecular weight is 257 g/mol. The van der Waals surface area contributed by atoms with Crippen LogP contribution in [0.1, 0.15) is 44.1 Å². The lowest BCUT2D eigenvalue weighted by atomic mass is 9.78. The van der Waals surface area contributed by atoms with Crippen molar-refractivity contribution in [1.82, 2.24) is 0 Å². The van der Waals surface area contributed by atoms with E-state index in [0.717, 1.165) is 17.5 Å². The molecule has 0 aliphatic heterocycles. The van der Waals surface area contributed by atoms with Gasteiger partial charge in [-0.05, 0) is 74.4 Å². The first kappa shape index (κ1) is 13.2. The van der Waals surface area contributed by atoms with Crippen molar-refractivity contribution < 1.29 is 0 Å². The molecule has 2 heteroatoms. The Morgan fingerprint density at radius 2 is 1.83 bits per heavy atom. The fourth-order valence-electron chi connectivity index (χ4n) is 2.79. The van der Waals surface area contributed by atoms with Crippen LogP contribution in [0.5, 0.6) is 0 Å². The molecule has 0 unspecified atom stereocenters. The van der Waals surface area contributed by atoms with Crippen LogP contribution < -0.4 is 0 Å². The van der Waals surface area contributed by atoms with E-state index in [1.165, 1.54) is 31.2 Å². The molecule has 94 valence electrons. The summed E-state index contributed by atoms with van der Waals surface area (Å²) in [5.41, 5.74) is 2.34. The van der Waals surface area contributed by atoms with Crippen LogP contribution in [0.2, 0.25) is 0 Å². The molecule has 1 aromatic carbocycles. The third-order valence-corrected chi connectivity index (χ3v) is 3.87. The van der Waals surface area contributed by atoms with Gasteiger partial charge in [0.05, 0.1) is 10.8 Å². The highest BCUT2D eigenvalue weighted by atomic mass is 32.1. The minimum absolute atomic E-state index is 0.719. The van der Waals surface area contributed by atoms with E-state index in [0.29, 0.717) is 0 Å². The smallest absolute Gasteiger partial charge is 0.0739 e. The van der Waals surface area contributed by atoms with Crippen molar-refractivity contribution in [2.45, 2.75) is 38.5 Å². The third-order valence-electron chi connectivity index (χ3n) is 3.78. The number of aliphatic imine (C=N–C) groups is 1. The van der Waals surface area contributed by atoms with Crippen LogP contribution in [-0.2, 0) is 0 Å². The summed E-state index contributed by atoms with van der Waals surface area (Å²) < 4.78 is 0. The van der Waals surface area contributed by atoms with Crippen molar-refractivity contribution in [2.75, 3.05) is 0 Å². The molecular formula is C16H19NS. The van der Waals surface area contributed by atoms with Gasteiger partial charge < -0.3 is 0 Å². The molecule has 0 heterocycles. The summed E-state index contributed by atoms with van der Waals surface area (Å²) in [6.45, 7) is 2.11. The van der Waals surface area contributed by atoms with Crippen LogP contribution in [0.25, 0.3) is 0 Å². The van der Waals surface area contributed by atoms with Crippen molar-refractivity contribution >= 4 is 23.1 Å². The van der Waals surface area contributed by atoms with Crippen molar-refractivity contribution in [2.24, 2.45) is 10.9 Å². The highest BCUT2D eigenvalue weighted by Crippen LogP contribution is 2.36. The number of allylic oxidation sites excluding steroid dienone is 2. The Labute approximate surface area is 115 Å². The predicted molar refractivity (Wildman–Crippen MR) is 80.6 cm³/mol. The van der Waals surface area contributed by atoms with E-state index < -0.39 is 0 Å². The molecular weight excluding hydrogens is 238 g/mol. The molecule has 0 aromatic heterocycles. The molecule has 0 spiro atoms. The molecule has 1 nitrogen and oxygen atoms in total. The van der Waals surface area contributed by atoms with Gasteiger partial charge in [0.1, 0.15) is 0 Å². The average Bonchev–Trinajstić information content (AvgIpc) is 2.41. The van der Waals surface area contributed by atoms with Gasteiger partial charge in [-0.1, -0.05) is 24.3 Å². The lowest BCUT2D eigenvalue weighted by Crippen LogP contribution is -2.11. The molecule has 2 rings (SSSR count). The number of nitrogens with zero attached hydrogens (tertiary/aromatic N) is 1. The van der Waals surface area contributed by atoms with Crippen LogP contribution >= 0.6 is 12.2 Å². The molecule has 1 fully saturated rings. The van der Waals surface area contributed by atoms with Crippen LogP contribution in [0.4, 0.5) is 5.69 Å². The maximum absolute atomic E-state index is 4.61. The van der Waals surface area contributed by atoms with Crippen LogP contribution in [0.3, 0.4) is 0 Å². The van der Waals surface area contributed by atoms with Crippen LogP contribution in [0, 0.1) is 5.92 Å². The Morgan fingerprint density at radius 1 is 1.17 bits per heavy atom. The molecule has 1 aromatic rings. The number of isothiocyanates is 1. The van der Waals surface area contributed by atoms with Crippen LogP contribution in [0.15, 0.2) is 41.4 Å². The molecule has 0 saturated heterocycles. The maximum Gasteiger partial charge on any atom is 0.0739 e. The van der Waals surface area contributed by atoms with E-state index in [4.69, 9.17) is 0 Å². The second-order valence-corrected chi connectivity index (χ2v) is 5.11. The Bertz CT molecular complexity index is 446. The molecule has 0 bridgehead atoms. The van der Waals surface area contributed by atoms with Gasteiger partial charge in [0.2, 0.25) is 0 Å². The van der Waals surface area contributed by atoms with Crippen LogP contribution in [-0.4, -0.2) is 5.16 Å². The van der Waals surface area contributed by atoms with E-state index in [1.807, 2.05) is 12.1 Å². The highest BCUT2D eigenvalue weighted by Gasteiger charge is 2.20. The summed E-state index contributed by atoms with van der Waals surface area (Å²) in [6.07, 6.45) is 9.76. The van der Waals surface area contributed by atoms with Gasteiger partial charge in [-0.2, -0.15) is 4.99 Å². The van der Waals surface area contributed by atoms with Gasteiger partial charge in [0, 0.05) is 0 Å². The van der Waals surface area contributed by atoms with Gasteiger partial charge in [-0.3, -0.25) is 0 Å². The Balaban J connectivity index is 1.99. The first-order chi connectivity index (χ1) is 8.83. The molecule has 1 aliphatic rings. The molecule has 1 saturated carbocycles. The van der Waals surface area contributed by atoms with Gasteiger partial charge in [-0.15, -0.1) is 0 Å². The summed E-state index contributed by atoms with van der Waals surface area (Å²) in [7, 11) is 0. The number of benzene rings is 1. The monoisotopic (exact) mass is 257 g/mol. The highest BCUT2D eigenvalue weighted by molar-refractivity contribution is 7.78. The van der Waals surface area contributed by atoms with E-state index >= 15 is 0 Å². The van der Waals surface area contributed by atoms with Crippen molar-refractivity contribution in [3.8, 4) is 0 Å². The zero-order valence-electron chi connectivity index (χ0n) is 10.8. The molecule has 18 heavy (non-hydrogen) atoms. The molecule has 1 aliphatic carbocycles. The largest absolute Gasteiger partial charge is 0.195 e.